The molecular formula is C22H27ClN2O3. The van der Waals surface area contributed by atoms with Crippen molar-refractivity contribution in [2.45, 2.75) is 19.4 Å². The van der Waals surface area contributed by atoms with Crippen LogP contribution in [0.2, 0.25) is 5.02 Å². The highest BCUT2D eigenvalue weighted by Crippen LogP contribution is 2.28. The minimum absolute atomic E-state index is 0.214. The van der Waals surface area contributed by atoms with Crippen LogP contribution in [0.4, 0.5) is 0 Å². The summed E-state index contributed by atoms with van der Waals surface area (Å²) in [5.41, 5.74) is 2.16. The van der Waals surface area contributed by atoms with Gasteiger partial charge in [-0.05, 0) is 36.2 Å². The lowest BCUT2D eigenvalue weighted by Crippen LogP contribution is -2.48. The molecule has 0 aliphatic carbocycles. The number of nitrogens with zero attached hydrogens (tertiary/aromatic N) is 2. The number of carbonyl (C=O) groups is 1. The zero-order valence-electron chi connectivity index (χ0n) is 16.5. The van der Waals surface area contributed by atoms with Crippen molar-refractivity contribution >= 4 is 17.5 Å². The van der Waals surface area contributed by atoms with Crippen molar-refractivity contribution in [3.63, 3.8) is 0 Å². The van der Waals surface area contributed by atoms with Gasteiger partial charge in [-0.25, -0.2) is 0 Å². The third-order valence-corrected chi connectivity index (χ3v) is 5.54. The molecule has 0 N–H and O–H groups in total. The molecule has 0 saturated carbocycles. The molecule has 150 valence electrons. The SMILES string of the molecule is COc1ccc(CCC(=O)N2CCN(Cc3c(Cl)cccc3OC)CC2)cc1. The van der Waals surface area contributed by atoms with Crippen LogP contribution in [0.1, 0.15) is 17.5 Å². The maximum atomic E-state index is 12.6. The van der Waals surface area contributed by atoms with E-state index in [0.717, 1.165) is 66.8 Å². The average Bonchev–Trinajstić information content (AvgIpc) is 2.74. The van der Waals surface area contributed by atoms with Crippen molar-refractivity contribution in [2.24, 2.45) is 0 Å². The molecule has 0 radical (unpaired) electrons. The first kappa shape index (κ1) is 20.5. The highest BCUT2D eigenvalue weighted by atomic mass is 35.5. The fourth-order valence-electron chi connectivity index (χ4n) is 3.46. The van der Waals surface area contributed by atoms with E-state index in [0.29, 0.717) is 6.42 Å². The minimum atomic E-state index is 0.214. The number of halogens is 1. The van der Waals surface area contributed by atoms with E-state index in [1.807, 2.05) is 47.4 Å². The van der Waals surface area contributed by atoms with Gasteiger partial charge < -0.3 is 14.4 Å². The first-order chi connectivity index (χ1) is 13.6. The van der Waals surface area contributed by atoms with Crippen LogP contribution < -0.4 is 9.47 Å². The summed E-state index contributed by atoms with van der Waals surface area (Å²) in [4.78, 5) is 16.8. The van der Waals surface area contributed by atoms with Crippen LogP contribution in [0.25, 0.3) is 0 Å². The van der Waals surface area contributed by atoms with Gasteiger partial charge in [0.05, 0.1) is 14.2 Å². The lowest BCUT2D eigenvalue weighted by molar-refractivity contribution is -0.133. The van der Waals surface area contributed by atoms with Gasteiger partial charge in [-0.2, -0.15) is 0 Å². The monoisotopic (exact) mass is 402 g/mol. The molecule has 5 nitrogen and oxygen atoms in total. The van der Waals surface area contributed by atoms with Crippen LogP contribution in [0, 0.1) is 0 Å². The Morgan fingerprint density at radius 3 is 2.36 bits per heavy atom. The summed E-state index contributed by atoms with van der Waals surface area (Å²) in [6.07, 6.45) is 1.28. The van der Waals surface area contributed by atoms with Gasteiger partial charge in [0, 0.05) is 49.7 Å². The normalized spacial score (nSPS) is 14.8. The molecule has 2 aromatic carbocycles. The predicted molar refractivity (Wildman–Crippen MR) is 111 cm³/mol. The Hall–Kier alpha value is -2.24. The number of aryl methyl sites for hydroxylation is 1. The first-order valence-electron chi connectivity index (χ1n) is 9.55. The number of piperazine rings is 1. The lowest BCUT2D eigenvalue weighted by Gasteiger charge is -2.35. The van der Waals surface area contributed by atoms with Crippen molar-refractivity contribution in [1.29, 1.82) is 0 Å². The fourth-order valence-corrected chi connectivity index (χ4v) is 3.69. The molecule has 1 saturated heterocycles. The van der Waals surface area contributed by atoms with E-state index in [9.17, 15) is 4.79 Å². The van der Waals surface area contributed by atoms with Crippen LogP contribution in [0.15, 0.2) is 42.5 Å². The number of amides is 1. The molecule has 1 aliphatic heterocycles. The Kier molecular flexibility index (Phi) is 7.18. The second-order valence-corrected chi connectivity index (χ2v) is 7.33. The molecule has 6 heteroatoms. The van der Waals surface area contributed by atoms with E-state index in [-0.39, 0.29) is 5.91 Å². The number of hydrogen-bond donors (Lipinski definition) is 0. The van der Waals surface area contributed by atoms with Gasteiger partial charge in [0.25, 0.3) is 0 Å². The second kappa shape index (κ2) is 9.80. The molecule has 0 spiro atoms. The molecule has 0 aromatic heterocycles. The largest absolute Gasteiger partial charge is 0.497 e. The molecule has 28 heavy (non-hydrogen) atoms. The van der Waals surface area contributed by atoms with Gasteiger partial charge in [-0.15, -0.1) is 0 Å². The Morgan fingerprint density at radius 1 is 1.00 bits per heavy atom. The summed E-state index contributed by atoms with van der Waals surface area (Å²) < 4.78 is 10.6. The number of hydrogen-bond acceptors (Lipinski definition) is 4. The lowest BCUT2D eigenvalue weighted by atomic mass is 10.1. The van der Waals surface area contributed by atoms with E-state index in [1.54, 1.807) is 14.2 Å². The molecule has 0 atom stereocenters. The standard InChI is InChI=1S/C22H27ClN2O3/c1-27-18-9-6-17(7-10-18)8-11-22(26)25-14-12-24(13-15-25)16-19-20(23)4-3-5-21(19)28-2/h3-7,9-10H,8,11-16H2,1-2H3. The molecule has 0 bridgehead atoms. The number of carbonyl (C=O) groups excluding carboxylic acids is 1. The van der Waals surface area contributed by atoms with Gasteiger partial charge >= 0.3 is 0 Å². The smallest absolute Gasteiger partial charge is 0.222 e. The summed E-state index contributed by atoms with van der Waals surface area (Å²) in [5.74, 6) is 1.86. The molecule has 1 fully saturated rings. The summed E-state index contributed by atoms with van der Waals surface area (Å²) >= 11 is 6.35. The van der Waals surface area contributed by atoms with Crippen molar-refractivity contribution in [2.75, 3.05) is 40.4 Å². The van der Waals surface area contributed by atoms with Gasteiger partial charge in [-0.1, -0.05) is 29.8 Å². The first-order valence-corrected chi connectivity index (χ1v) is 9.93. The molecule has 3 rings (SSSR count). The van der Waals surface area contributed by atoms with Crippen LogP contribution >= 0.6 is 11.6 Å². The summed E-state index contributed by atoms with van der Waals surface area (Å²) in [7, 11) is 3.31. The van der Waals surface area contributed by atoms with Crippen molar-refractivity contribution in [3.05, 3.63) is 58.6 Å². The van der Waals surface area contributed by atoms with Gasteiger partial charge in [0.1, 0.15) is 11.5 Å². The number of methoxy groups -OCH3 is 2. The third kappa shape index (κ3) is 5.18. The molecule has 1 aliphatic rings. The number of rotatable bonds is 7. The van der Waals surface area contributed by atoms with Crippen LogP contribution in [0.3, 0.4) is 0 Å². The van der Waals surface area contributed by atoms with E-state index >= 15 is 0 Å². The van der Waals surface area contributed by atoms with Crippen molar-refractivity contribution in [1.82, 2.24) is 9.80 Å². The zero-order chi connectivity index (χ0) is 19.9. The third-order valence-electron chi connectivity index (χ3n) is 5.19. The maximum Gasteiger partial charge on any atom is 0.222 e. The number of benzene rings is 2. The Morgan fingerprint density at radius 2 is 1.71 bits per heavy atom. The molecule has 1 amide bonds. The van der Waals surface area contributed by atoms with E-state index in [1.165, 1.54) is 0 Å². The fraction of sp³-hybridized carbons (Fsp3) is 0.409. The molecule has 1 heterocycles. The zero-order valence-corrected chi connectivity index (χ0v) is 17.2. The quantitative estimate of drug-likeness (QED) is 0.709. The van der Waals surface area contributed by atoms with Gasteiger partial charge in [0.15, 0.2) is 0 Å². The van der Waals surface area contributed by atoms with E-state index in [2.05, 4.69) is 4.90 Å². The van der Waals surface area contributed by atoms with Gasteiger partial charge in [0.2, 0.25) is 5.91 Å². The van der Waals surface area contributed by atoms with Gasteiger partial charge in [-0.3, -0.25) is 9.69 Å². The second-order valence-electron chi connectivity index (χ2n) is 6.93. The average molecular weight is 403 g/mol. The summed E-state index contributed by atoms with van der Waals surface area (Å²) in [6, 6.07) is 13.6. The highest BCUT2D eigenvalue weighted by molar-refractivity contribution is 6.31. The predicted octanol–water partition coefficient (Wildman–Crippen LogP) is 3.63. The van der Waals surface area contributed by atoms with E-state index < -0.39 is 0 Å². The molecular weight excluding hydrogens is 376 g/mol. The van der Waals surface area contributed by atoms with Crippen LogP contribution in [0.5, 0.6) is 11.5 Å². The highest BCUT2D eigenvalue weighted by Gasteiger charge is 2.22. The Balaban J connectivity index is 1.47. The van der Waals surface area contributed by atoms with Crippen molar-refractivity contribution < 1.29 is 14.3 Å². The summed E-state index contributed by atoms with van der Waals surface area (Å²) in [6.45, 7) is 3.89. The van der Waals surface area contributed by atoms with Crippen LogP contribution in [-0.4, -0.2) is 56.1 Å². The molecule has 0 unspecified atom stereocenters. The number of ether oxygens (including phenoxy) is 2. The summed E-state index contributed by atoms with van der Waals surface area (Å²) in [5, 5.41) is 0.720. The van der Waals surface area contributed by atoms with Crippen molar-refractivity contribution in [3.8, 4) is 11.5 Å². The topological polar surface area (TPSA) is 42.0 Å². The maximum absolute atomic E-state index is 12.6. The Bertz CT molecular complexity index is 787. The van der Waals surface area contributed by atoms with E-state index in [4.69, 9.17) is 21.1 Å². The minimum Gasteiger partial charge on any atom is -0.497 e. The molecule has 2 aromatic rings. The van der Waals surface area contributed by atoms with Crippen LogP contribution in [-0.2, 0) is 17.8 Å². The Labute approximate surface area is 171 Å².